The minimum absolute atomic E-state index is 0.0633. The van der Waals surface area contributed by atoms with E-state index in [1.165, 1.54) is 13.2 Å². The van der Waals surface area contributed by atoms with E-state index in [0.717, 1.165) is 4.47 Å². The van der Waals surface area contributed by atoms with Gasteiger partial charge in [-0.1, -0.05) is 0 Å². The van der Waals surface area contributed by atoms with Crippen LogP contribution in [-0.4, -0.2) is 36.1 Å². The van der Waals surface area contributed by atoms with Crippen LogP contribution in [0.15, 0.2) is 28.5 Å². The highest BCUT2D eigenvalue weighted by Gasteiger charge is 2.24. The second-order valence-electron chi connectivity index (χ2n) is 5.35. The standard InChI is InChI=1S/C15H18BrNO4/c1-15(2,3)21-14(19)12(13(18)9-20-4)6-10-5-11(16)8-17-7-10/h5-8H,9H2,1-4H3/b12-6+. The molecule has 0 bridgehead atoms. The summed E-state index contributed by atoms with van der Waals surface area (Å²) < 4.78 is 10.8. The van der Waals surface area contributed by atoms with E-state index in [4.69, 9.17) is 9.47 Å². The van der Waals surface area contributed by atoms with Crippen molar-refractivity contribution in [2.75, 3.05) is 13.7 Å². The van der Waals surface area contributed by atoms with Gasteiger partial charge in [0.15, 0.2) is 5.78 Å². The first-order valence-electron chi connectivity index (χ1n) is 6.30. The number of Topliss-reactive ketones (excluding diaryl/α,β-unsaturated/α-hetero) is 1. The lowest BCUT2D eigenvalue weighted by Crippen LogP contribution is -2.28. The maximum absolute atomic E-state index is 12.2. The summed E-state index contributed by atoms with van der Waals surface area (Å²) in [6.45, 7) is 5.03. The molecule has 0 saturated heterocycles. The van der Waals surface area contributed by atoms with Crippen molar-refractivity contribution in [1.29, 1.82) is 0 Å². The van der Waals surface area contributed by atoms with Gasteiger partial charge in [-0.3, -0.25) is 9.78 Å². The molecule has 5 nitrogen and oxygen atoms in total. The molecule has 1 heterocycles. The van der Waals surface area contributed by atoms with Crippen LogP contribution in [0.2, 0.25) is 0 Å². The molecule has 0 aliphatic carbocycles. The van der Waals surface area contributed by atoms with Gasteiger partial charge >= 0.3 is 5.97 Å². The summed E-state index contributed by atoms with van der Waals surface area (Å²) in [5.41, 5.74) is -0.125. The van der Waals surface area contributed by atoms with Crippen LogP contribution in [0.1, 0.15) is 26.3 Å². The Hall–Kier alpha value is -1.53. The molecule has 0 aliphatic heterocycles. The molecule has 21 heavy (non-hydrogen) atoms. The van der Waals surface area contributed by atoms with Crippen LogP contribution in [0.3, 0.4) is 0 Å². The number of methoxy groups -OCH3 is 1. The van der Waals surface area contributed by atoms with Gasteiger partial charge in [0, 0.05) is 24.0 Å². The van der Waals surface area contributed by atoms with E-state index < -0.39 is 17.4 Å². The topological polar surface area (TPSA) is 65.5 Å². The Morgan fingerprint density at radius 1 is 1.33 bits per heavy atom. The van der Waals surface area contributed by atoms with Crippen LogP contribution < -0.4 is 0 Å². The molecular formula is C15H18BrNO4. The maximum atomic E-state index is 12.2. The molecule has 0 aliphatic rings. The van der Waals surface area contributed by atoms with E-state index in [0.29, 0.717) is 5.56 Å². The fourth-order valence-corrected chi connectivity index (χ4v) is 1.85. The van der Waals surface area contributed by atoms with Gasteiger partial charge in [-0.05, 0) is 54.4 Å². The normalized spacial score (nSPS) is 12.1. The molecule has 0 amide bonds. The van der Waals surface area contributed by atoms with Crippen LogP contribution >= 0.6 is 15.9 Å². The van der Waals surface area contributed by atoms with E-state index in [-0.39, 0.29) is 12.2 Å². The third kappa shape index (κ3) is 6.18. The highest BCUT2D eigenvalue weighted by Crippen LogP contribution is 2.17. The van der Waals surface area contributed by atoms with Crippen molar-refractivity contribution in [1.82, 2.24) is 4.98 Å². The highest BCUT2D eigenvalue weighted by atomic mass is 79.9. The lowest BCUT2D eigenvalue weighted by atomic mass is 10.1. The summed E-state index contributed by atoms with van der Waals surface area (Å²) in [5, 5.41) is 0. The van der Waals surface area contributed by atoms with Crippen molar-refractivity contribution in [2.45, 2.75) is 26.4 Å². The minimum Gasteiger partial charge on any atom is -0.456 e. The molecule has 0 radical (unpaired) electrons. The van der Waals surface area contributed by atoms with Crippen LogP contribution in [0.4, 0.5) is 0 Å². The molecule has 0 aromatic carbocycles. The molecule has 0 atom stereocenters. The van der Waals surface area contributed by atoms with Gasteiger partial charge in [-0.25, -0.2) is 4.79 Å². The number of esters is 1. The van der Waals surface area contributed by atoms with Gasteiger partial charge in [-0.15, -0.1) is 0 Å². The number of pyridine rings is 1. The van der Waals surface area contributed by atoms with Gasteiger partial charge in [0.1, 0.15) is 17.8 Å². The number of ketones is 1. The first-order chi connectivity index (χ1) is 9.73. The Morgan fingerprint density at radius 3 is 2.52 bits per heavy atom. The quantitative estimate of drug-likeness (QED) is 0.351. The molecule has 1 rings (SSSR count). The largest absolute Gasteiger partial charge is 0.456 e. The average Bonchev–Trinajstić information content (AvgIpc) is 2.34. The lowest BCUT2D eigenvalue weighted by Gasteiger charge is -2.20. The average molecular weight is 356 g/mol. The fraction of sp³-hybridized carbons (Fsp3) is 0.400. The zero-order valence-electron chi connectivity index (χ0n) is 12.5. The number of hydrogen-bond donors (Lipinski definition) is 0. The monoisotopic (exact) mass is 355 g/mol. The summed E-state index contributed by atoms with van der Waals surface area (Å²) in [7, 11) is 1.39. The second kappa shape index (κ2) is 7.47. The zero-order valence-corrected chi connectivity index (χ0v) is 14.1. The molecule has 6 heteroatoms. The van der Waals surface area contributed by atoms with Crippen LogP contribution in [-0.2, 0) is 19.1 Å². The SMILES string of the molecule is COCC(=O)/C(=C\c1cncc(Br)c1)C(=O)OC(C)(C)C. The molecule has 1 aromatic heterocycles. The zero-order chi connectivity index (χ0) is 16.0. The van der Waals surface area contributed by atoms with E-state index in [1.54, 1.807) is 39.2 Å². The number of carbonyl (C=O) groups excluding carboxylic acids is 2. The Bertz CT molecular complexity index is 561. The van der Waals surface area contributed by atoms with Crippen LogP contribution in [0.5, 0.6) is 0 Å². The van der Waals surface area contributed by atoms with E-state index in [1.807, 2.05) is 0 Å². The van der Waals surface area contributed by atoms with Crippen molar-refractivity contribution < 1.29 is 19.1 Å². The molecule has 0 spiro atoms. The van der Waals surface area contributed by atoms with Crippen molar-refractivity contribution in [3.8, 4) is 0 Å². The number of hydrogen-bond acceptors (Lipinski definition) is 5. The Labute approximate surface area is 132 Å². The second-order valence-corrected chi connectivity index (χ2v) is 6.27. The smallest absolute Gasteiger partial charge is 0.342 e. The van der Waals surface area contributed by atoms with E-state index >= 15 is 0 Å². The number of ether oxygens (including phenoxy) is 2. The Kier molecular flexibility index (Phi) is 6.23. The molecule has 0 saturated carbocycles. The molecule has 1 aromatic rings. The summed E-state index contributed by atoms with van der Waals surface area (Å²) in [5.74, 6) is -1.11. The van der Waals surface area contributed by atoms with Gasteiger partial charge in [0.2, 0.25) is 0 Å². The van der Waals surface area contributed by atoms with Crippen molar-refractivity contribution in [2.24, 2.45) is 0 Å². The molecule has 0 unspecified atom stereocenters. The van der Waals surface area contributed by atoms with E-state index in [2.05, 4.69) is 20.9 Å². The summed E-state index contributed by atoms with van der Waals surface area (Å²) in [4.78, 5) is 28.2. The Balaban J connectivity index is 3.13. The van der Waals surface area contributed by atoms with Crippen molar-refractivity contribution >= 4 is 33.8 Å². The summed E-state index contributed by atoms with van der Waals surface area (Å²) in [6.07, 6.45) is 4.61. The van der Waals surface area contributed by atoms with Gasteiger partial charge < -0.3 is 9.47 Å². The predicted molar refractivity (Wildman–Crippen MR) is 82.6 cm³/mol. The van der Waals surface area contributed by atoms with Crippen molar-refractivity contribution in [3.05, 3.63) is 34.1 Å². The highest BCUT2D eigenvalue weighted by molar-refractivity contribution is 9.10. The van der Waals surface area contributed by atoms with E-state index in [9.17, 15) is 9.59 Å². The van der Waals surface area contributed by atoms with Gasteiger partial charge in [0.25, 0.3) is 0 Å². The Morgan fingerprint density at radius 2 is 2.00 bits per heavy atom. The number of rotatable bonds is 5. The molecule has 0 N–H and O–H groups in total. The first-order valence-corrected chi connectivity index (χ1v) is 7.10. The third-order valence-electron chi connectivity index (χ3n) is 2.23. The van der Waals surface area contributed by atoms with Gasteiger partial charge in [-0.2, -0.15) is 0 Å². The number of halogens is 1. The number of carbonyl (C=O) groups is 2. The van der Waals surface area contributed by atoms with Crippen molar-refractivity contribution in [3.63, 3.8) is 0 Å². The molecule has 114 valence electrons. The van der Waals surface area contributed by atoms with Crippen LogP contribution in [0, 0.1) is 0 Å². The summed E-state index contributed by atoms with van der Waals surface area (Å²) >= 11 is 3.29. The number of nitrogens with zero attached hydrogens (tertiary/aromatic N) is 1. The van der Waals surface area contributed by atoms with Gasteiger partial charge in [0.05, 0.1) is 0 Å². The summed E-state index contributed by atoms with van der Waals surface area (Å²) in [6, 6.07) is 1.75. The molecular weight excluding hydrogens is 338 g/mol. The predicted octanol–water partition coefficient (Wildman–Crippen LogP) is 2.78. The lowest BCUT2D eigenvalue weighted by molar-refractivity contribution is -0.150. The number of aromatic nitrogens is 1. The minimum atomic E-state index is -0.682. The third-order valence-corrected chi connectivity index (χ3v) is 2.67. The fourth-order valence-electron chi connectivity index (χ4n) is 1.47. The maximum Gasteiger partial charge on any atom is 0.342 e. The molecule has 0 fully saturated rings. The van der Waals surface area contributed by atoms with Crippen LogP contribution in [0.25, 0.3) is 6.08 Å². The first kappa shape index (κ1) is 17.5.